The predicted octanol–water partition coefficient (Wildman–Crippen LogP) is 3.37. The Kier molecular flexibility index (Phi) is 5.71. The Bertz CT molecular complexity index is 823. The van der Waals surface area contributed by atoms with Gasteiger partial charge in [0.1, 0.15) is 5.75 Å². The van der Waals surface area contributed by atoms with Gasteiger partial charge in [0, 0.05) is 18.1 Å². The van der Waals surface area contributed by atoms with Gasteiger partial charge in [0.25, 0.3) is 0 Å². The number of carboxylic acids is 1. The monoisotopic (exact) mass is 373 g/mol. The molecule has 1 saturated heterocycles. The number of amides is 1. The lowest BCUT2D eigenvalue weighted by atomic mass is 9.95. The molecule has 1 aliphatic heterocycles. The highest BCUT2D eigenvalue weighted by molar-refractivity contribution is 7.99. The van der Waals surface area contributed by atoms with Crippen LogP contribution in [0.4, 0.5) is 0 Å². The largest absolute Gasteiger partial charge is 0.497 e. The summed E-state index contributed by atoms with van der Waals surface area (Å²) >= 11 is 1.71. The average Bonchev–Trinajstić information content (AvgIpc) is 2.66. The lowest BCUT2D eigenvalue weighted by Crippen LogP contribution is -2.48. The van der Waals surface area contributed by atoms with Crippen LogP contribution in [0.1, 0.15) is 24.8 Å². The van der Waals surface area contributed by atoms with E-state index in [0.29, 0.717) is 12.3 Å². The first kappa shape index (κ1) is 18.6. The van der Waals surface area contributed by atoms with Crippen molar-refractivity contribution in [1.82, 2.24) is 4.90 Å². The molecule has 0 saturated carbocycles. The molecular formula is C20H23NO4S. The van der Waals surface area contributed by atoms with Crippen LogP contribution in [0, 0.1) is 0 Å². The summed E-state index contributed by atoms with van der Waals surface area (Å²) in [6.45, 7) is 2.50. The summed E-state index contributed by atoms with van der Waals surface area (Å²) in [5.74, 6) is 1.18. The van der Waals surface area contributed by atoms with Crippen molar-refractivity contribution in [3.63, 3.8) is 0 Å². The Morgan fingerprint density at radius 1 is 1.27 bits per heavy atom. The highest BCUT2D eigenvalue weighted by Gasteiger charge is 2.31. The van der Waals surface area contributed by atoms with Crippen LogP contribution in [0.5, 0.6) is 5.75 Å². The van der Waals surface area contributed by atoms with Crippen LogP contribution in [0.25, 0.3) is 10.8 Å². The van der Waals surface area contributed by atoms with E-state index in [1.165, 1.54) is 0 Å². The molecule has 1 heterocycles. The zero-order valence-corrected chi connectivity index (χ0v) is 15.8. The number of carbonyl (C=O) groups excluding carboxylic acids is 1. The summed E-state index contributed by atoms with van der Waals surface area (Å²) in [5.41, 5.74) is 0.944. The summed E-state index contributed by atoms with van der Waals surface area (Å²) < 4.78 is 5.25. The van der Waals surface area contributed by atoms with Crippen molar-refractivity contribution in [2.75, 3.05) is 25.2 Å². The van der Waals surface area contributed by atoms with Gasteiger partial charge in [-0.25, -0.2) is 0 Å². The van der Waals surface area contributed by atoms with Crippen LogP contribution in [0.2, 0.25) is 0 Å². The number of methoxy groups -OCH3 is 1. The minimum absolute atomic E-state index is 0.00295. The number of fused-ring (bicyclic) bond motifs is 1. The van der Waals surface area contributed by atoms with E-state index in [9.17, 15) is 9.59 Å². The third-order valence-corrected chi connectivity index (χ3v) is 5.95. The van der Waals surface area contributed by atoms with Gasteiger partial charge in [0.05, 0.1) is 25.5 Å². The maximum absolute atomic E-state index is 13.0. The molecule has 138 valence electrons. The van der Waals surface area contributed by atoms with Gasteiger partial charge in [-0.15, -0.1) is 0 Å². The molecule has 0 aliphatic carbocycles. The minimum atomic E-state index is -0.859. The minimum Gasteiger partial charge on any atom is -0.497 e. The molecule has 2 unspecified atom stereocenters. The number of hydrogen-bond donors (Lipinski definition) is 1. The Labute approximate surface area is 157 Å². The van der Waals surface area contributed by atoms with E-state index < -0.39 is 5.97 Å². The van der Waals surface area contributed by atoms with Crippen LogP contribution in [-0.4, -0.2) is 53.1 Å². The number of carboxylic acid groups (broad SMARTS) is 1. The summed E-state index contributed by atoms with van der Waals surface area (Å²) in [6, 6.07) is 11.6. The molecule has 2 atom stereocenters. The molecule has 6 heteroatoms. The Morgan fingerprint density at radius 2 is 2.00 bits per heavy atom. The third kappa shape index (κ3) is 3.96. The number of nitrogens with zero attached hydrogens (tertiary/aromatic N) is 1. The second-order valence-electron chi connectivity index (χ2n) is 6.55. The number of thioether (sulfide) groups is 1. The molecule has 1 amide bonds. The Hall–Kier alpha value is -2.21. The number of carbonyl (C=O) groups is 2. The van der Waals surface area contributed by atoms with E-state index >= 15 is 0 Å². The van der Waals surface area contributed by atoms with Gasteiger partial charge in [0.15, 0.2) is 0 Å². The van der Waals surface area contributed by atoms with Crippen molar-refractivity contribution >= 4 is 34.4 Å². The highest BCUT2D eigenvalue weighted by Crippen LogP contribution is 2.28. The first-order valence-corrected chi connectivity index (χ1v) is 9.83. The number of rotatable bonds is 5. The van der Waals surface area contributed by atoms with Crippen LogP contribution >= 0.6 is 11.8 Å². The molecule has 0 radical (unpaired) electrons. The second kappa shape index (κ2) is 7.99. The van der Waals surface area contributed by atoms with E-state index in [0.717, 1.165) is 27.8 Å². The fraction of sp³-hybridized carbons (Fsp3) is 0.400. The van der Waals surface area contributed by atoms with Gasteiger partial charge in [0.2, 0.25) is 5.91 Å². The fourth-order valence-electron chi connectivity index (χ4n) is 3.35. The number of ether oxygens (including phenoxy) is 1. The van der Waals surface area contributed by atoms with Crippen molar-refractivity contribution in [2.24, 2.45) is 0 Å². The van der Waals surface area contributed by atoms with Gasteiger partial charge in [-0.2, -0.15) is 11.8 Å². The van der Waals surface area contributed by atoms with Crippen LogP contribution in [0.15, 0.2) is 36.4 Å². The molecular weight excluding hydrogens is 350 g/mol. The molecule has 26 heavy (non-hydrogen) atoms. The molecule has 2 aromatic rings. The highest BCUT2D eigenvalue weighted by atomic mass is 32.2. The van der Waals surface area contributed by atoms with E-state index in [4.69, 9.17) is 9.84 Å². The zero-order valence-electron chi connectivity index (χ0n) is 15.0. The standard InChI is InChI=1S/C20H23NO4S/c1-13(20(24)21-7-8-26-12-17(21)11-19(22)23)14-3-4-16-10-18(25-2)6-5-15(16)9-14/h3-6,9-10,13,17H,7-8,11-12H2,1-2H3,(H,22,23). The third-order valence-electron chi connectivity index (χ3n) is 4.86. The summed E-state index contributed by atoms with van der Waals surface area (Å²) in [6.07, 6.45) is 0.00295. The smallest absolute Gasteiger partial charge is 0.305 e. The average molecular weight is 373 g/mol. The Morgan fingerprint density at radius 3 is 2.73 bits per heavy atom. The normalized spacial score (nSPS) is 18.5. The maximum atomic E-state index is 13.0. The van der Waals surface area contributed by atoms with Crippen molar-refractivity contribution in [2.45, 2.75) is 25.3 Å². The maximum Gasteiger partial charge on any atom is 0.305 e. The molecule has 0 spiro atoms. The van der Waals surface area contributed by atoms with Crippen LogP contribution < -0.4 is 4.74 Å². The van der Waals surface area contributed by atoms with Gasteiger partial charge in [-0.3, -0.25) is 9.59 Å². The number of aliphatic carboxylic acids is 1. The second-order valence-corrected chi connectivity index (χ2v) is 7.70. The number of hydrogen-bond acceptors (Lipinski definition) is 4. The van der Waals surface area contributed by atoms with E-state index in [1.54, 1.807) is 23.8 Å². The van der Waals surface area contributed by atoms with Crippen LogP contribution in [0.3, 0.4) is 0 Å². The summed E-state index contributed by atoms with van der Waals surface area (Å²) in [5, 5.41) is 11.2. The van der Waals surface area contributed by atoms with Crippen molar-refractivity contribution < 1.29 is 19.4 Å². The Balaban J connectivity index is 1.82. The van der Waals surface area contributed by atoms with Gasteiger partial charge in [-0.05, 0) is 35.4 Å². The van der Waals surface area contributed by atoms with E-state index in [-0.39, 0.29) is 24.3 Å². The first-order chi connectivity index (χ1) is 12.5. The summed E-state index contributed by atoms with van der Waals surface area (Å²) in [4.78, 5) is 25.9. The van der Waals surface area contributed by atoms with Crippen molar-refractivity contribution in [3.8, 4) is 5.75 Å². The molecule has 3 rings (SSSR count). The first-order valence-electron chi connectivity index (χ1n) is 8.67. The molecule has 0 bridgehead atoms. The van der Waals surface area contributed by atoms with E-state index in [1.807, 2.05) is 43.3 Å². The molecule has 1 aliphatic rings. The molecule has 1 N–H and O–H groups in total. The zero-order chi connectivity index (χ0) is 18.7. The van der Waals surface area contributed by atoms with Crippen molar-refractivity contribution in [3.05, 3.63) is 42.0 Å². The van der Waals surface area contributed by atoms with Crippen LogP contribution in [-0.2, 0) is 9.59 Å². The molecule has 0 aromatic heterocycles. The predicted molar refractivity (Wildman–Crippen MR) is 104 cm³/mol. The molecule has 5 nitrogen and oxygen atoms in total. The molecule has 1 fully saturated rings. The SMILES string of the molecule is COc1ccc2cc(C(C)C(=O)N3CCSCC3CC(=O)O)ccc2c1. The lowest BCUT2D eigenvalue weighted by Gasteiger charge is -2.36. The van der Waals surface area contributed by atoms with E-state index in [2.05, 4.69) is 0 Å². The van der Waals surface area contributed by atoms with Gasteiger partial charge < -0.3 is 14.7 Å². The van der Waals surface area contributed by atoms with Gasteiger partial charge >= 0.3 is 5.97 Å². The summed E-state index contributed by atoms with van der Waals surface area (Å²) in [7, 11) is 1.64. The van der Waals surface area contributed by atoms with Gasteiger partial charge in [-0.1, -0.05) is 24.3 Å². The topological polar surface area (TPSA) is 66.8 Å². The fourth-order valence-corrected chi connectivity index (χ4v) is 4.41. The number of benzene rings is 2. The quantitative estimate of drug-likeness (QED) is 0.870. The van der Waals surface area contributed by atoms with Crippen molar-refractivity contribution in [1.29, 1.82) is 0 Å². The lowest BCUT2D eigenvalue weighted by molar-refractivity contribution is -0.140. The molecule has 2 aromatic carbocycles.